The molecule has 6 heterocycles. The minimum Gasteiger partial charge on any atom is -0.412 e. The lowest BCUT2D eigenvalue weighted by atomic mass is 9.95. The van der Waals surface area contributed by atoms with Crippen LogP contribution in [0.15, 0.2) is 78.2 Å². The first-order valence-corrected chi connectivity index (χ1v) is 15.9. The topological polar surface area (TPSA) is 154 Å². The molecule has 0 radical (unpaired) electrons. The van der Waals surface area contributed by atoms with Gasteiger partial charge in [0.05, 0.1) is 35.7 Å². The van der Waals surface area contributed by atoms with Crippen LogP contribution in [0.5, 0.6) is 0 Å². The van der Waals surface area contributed by atoms with Gasteiger partial charge >= 0.3 is 0 Å². The third kappa shape index (κ3) is 6.35. The van der Waals surface area contributed by atoms with Gasteiger partial charge in [-0.3, -0.25) is 4.79 Å². The highest BCUT2D eigenvalue weighted by molar-refractivity contribution is 7.82. The van der Waals surface area contributed by atoms with Crippen LogP contribution >= 0.6 is 0 Å². The number of benzene rings is 1. The van der Waals surface area contributed by atoms with Gasteiger partial charge in [0.25, 0.3) is 5.91 Å². The second-order valence-corrected chi connectivity index (χ2v) is 12.5. The second-order valence-electron chi connectivity index (χ2n) is 11.0. The van der Waals surface area contributed by atoms with E-state index in [2.05, 4.69) is 25.3 Å². The van der Waals surface area contributed by atoms with E-state index in [-0.39, 0.29) is 17.3 Å². The SMILES string of the molecule is Cc1ccc(-n2nc(C3CCN(S(=O)c4ccc(N5CCOCC5)nc4)CC3)cc2NC(=O)c2cnn3cccnc23)cc1.O. The molecule has 3 N–H and O–H groups in total. The monoisotopic (exact) mass is 629 g/mol. The van der Waals surface area contributed by atoms with Gasteiger partial charge in [-0.05, 0) is 50.1 Å². The van der Waals surface area contributed by atoms with Crippen LogP contribution in [0.25, 0.3) is 11.3 Å². The number of amides is 1. The number of fused-ring (bicyclic) bond motifs is 1. The molecule has 0 spiro atoms. The summed E-state index contributed by atoms with van der Waals surface area (Å²) in [6.45, 7) is 6.37. The number of aromatic nitrogens is 6. The van der Waals surface area contributed by atoms with Gasteiger partial charge in [-0.1, -0.05) is 17.7 Å². The predicted molar refractivity (Wildman–Crippen MR) is 170 cm³/mol. The number of rotatable bonds is 7. The van der Waals surface area contributed by atoms with E-state index >= 15 is 0 Å². The number of morpholine rings is 1. The van der Waals surface area contributed by atoms with E-state index in [4.69, 9.17) is 9.84 Å². The maximum atomic E-state index is 13.4. The van der Waals surface area contributed by atoms with Crippen molar-refractivity contribution in [2.75, 3.05) is 49.6 Å². The van der Waals surface area contributed by atoms with Crippen molar-refractivity contribution >= 4 is 34.2 Å². The molecule has 2 fully saturated rings. The second kappa shape index (κ2) is 13.2. The Hall–Kier alpha value is -4.50. The first kappa shape index (κ1) is 30.5. The summed E-state index contributed by atoms with van der Waals surface area (Å²) in [6, 6.07) is 15.6. The summed E-state index contributed by atoms with van der Waals surface area (Å²) in [4.78, 5) is 25.2. The first-order chi connectivity index (χ1) is 21.5. The van der Waals surface area contributed by atoms with Crippen molar-refractivity contribution in [3.8, 4) is 5.69 Å². The van der Waals surface area contributed by atoms with E-state index in [0.29, 0.717) is 48.2 Å². The van der Waals surface area contributed by atoms with Crippen molar-refractivity contribution < 1.29 is 19.2 Å². The smallest absolute Gasteiger partial charge is 0.262 e. The van der Waals surface area contributed by atoms with Crippen LogP contribution < -0.4 is 10.2 Å². The Labute approximate surface area is 262 Å². The number of hydrogen-bond acceptors (Lipinski definition) is 8. The zero-order chi connectivity index (χ0) is 30.0. The van der Waals surface area contributed by atoms with Crippen molar-refractivity contribution in [2.45, 2.75) is 30.6 Å². The van der Waals surface area contributed by atoms with Crippen LogP contribution in [0.3, 0.4) is 0 Å². The fraction of sp³-hybridized carbons (Fsp3) is 0.323. The van der Waals surface area contributed by atoms with Crippen molar-refractivity contribution in [3.05, 3.63) is 90.1 Å². The number of carbonyl (C=O) groups is 1. The van der Waals surface area contributed by atoms with Crippen LogP contribution in [0.4, 0.5) is 11.6 Å². The quantitative estimate of drug-likeness (QED) is 0.288. The van der Waals surface area contributed by atoms with Crippen LogP contribution in [0.1, 0.15) is 40.4 Å². The Balaban J connectivity index is 0.00000357. The number of piperidine rings is 1. The highest BCUT2D eigenvalue weighted by Crippen LogP contribution is 2.32. The maximum Gasteiger partial charge on any atom is 0.262 e. The number of anilines is 2. The van der Waals surface area contributed by atoms with Gasteiger partial charge in [0.2, 0.25) is 0 Å². The Morgan fingerprint density at radius 1 is 1.00 bits per heavy atom. The van der Waals surface area contributed by atoms with Crippen LogP contribution in [0, 0.1) is 6.92 Å². The molecular weight excluding hydrogens is 594 g/mol. The molecule has 7 rings (SSSR count). The van der Waals surface area contributed by atoms with Gasteiger partial charge in [0.1, 0.15) is 28.2 Å². The molecule has 13 nitrogen and oxygen atoms in total. The van der Waals surface area contributed by atoms with E-state index in [1.54, 1.807) is 33.9 Å². The molecule has 1 atom stereocenters. The molecule has 0 bridgehead atoms. The van der Waals surface area contributed by atoms with Gasteiger partial charge in [0, 0.05) is 56.8 Å². The average Bonchev–Trinajstić information content (AvgIpc) is 3.70. The molecule has 14 heteroatoms. The highest BCUT2D eigenvalue weighted by Gasteiger charge is 2.28. The summed E-state index contributed by atoms with van der Waals surface area (Å²) < 4.78 is 24.2. The molecule has 1 amide bonds. The molecule has 1 aromatic carbocycles. The lowest BCUT2D eigenvalue weighted by molar-refractivity contribution is 0.102. The van der Waals surface area contributed by atoms with E-state index < -0.39 is 11.0 Å². The lowest BCUT2D eigenvalue weighted by Gasteiger charge is -2.30. The molecule has 2 saturated heterocycles. The maximum absolute atomic E-state index is 13.4. The van der Waals surface area contributed by atoms with E-state index in [0.717, 1.165) is 48.7 Å². The molecule has 0 aliphatic carbocycles. The van der Waals surface area contributed by atoms with E-state index in [1.165, 1.54) is 6.20 Å². The largest absolute Gasteiger partial charge is 0.412 e. The fourth-order valence-corrected chi connectivity index (χ4v) is 6.83. The normalized spacial score (nSPS) is 16.8. The van der Waals surface area contributed by atoms with E-state index in [9.17, 15) is 9.00 Å². The van der Waals surface area contributed by atoms with Gasteiger partial charge in [-0.25, -0.2) is 27.7 Å². The Morgan fingerprint density at radius 3 is 2.51 bits per heavy atom. The predicted octanol–water partition coefficient (Wildman–Crippen LogP) is 2.78. The minimum absolute atomic E-state index is 0. The fourth-order valence-electron chi connectivity index (χ4n) is 5.66. The van der Waals surface area contributed by atoms with Crippen LogP contribution in [0.2, 0.25) is 0 Å². The Morgan fingerprint density at radius 2 is 1.78 bits per heavy atom. The molecule has 5 aromatic rings. The molecular formula is C31H35N9O4S. The summed E-state index contributed by atoms with van der Waals surface area (Å²) in [5.41, 5.74) is 3.74. The summed E-state index contributed by atoms with van der Waals surface area (Å²) >= 11 is 0. The zero-order valence-corrected chi connectivity index (χ0v) is 25.7. The summed E-state index contributed by atoms with van der Waals surface area (Å²) in [5, 5.41) is 12.3. The number of aryl methyl sites for hydroxylation is 1. The van der Waals surface area contributed by atoms with Gasteiger partial charge in [-0.15, -0.1) is 0 Å². The average molecular weight is 630 g/mol. The summed E-state index contributed by atoms with van der Waals surface area (Å²) in [7, 11) is -1.29. The van der Waals surface area contributed by atoms with Gasteiger partial charge in [0.15, 0.2) is 5.65 Å². The number of hydrogen-bond donors (Lipinski definition) is 1. The number of carbonyl (C=O) groups excluding carboxylic acids is 1. The standard InChI is InChI=1S/C31H33N9O3S.H2O/c1-22-3-5-24(6-4-22)40-29(35-31(41)26-21-34-39-12-2-11-32-30(26)39)19-27(36-40)23-9-13-38(14-10-23)44(42)25-7-8-28(33-20-25)37-15-17-43-18-16-37;/h2-8,11-12,19-21,23H,9-10,13-18H2,1H3,(H,35,41);1H2. The molecule has 0 saturated carbocycles. The molecule has 4 aromatic heterocycles. The van der Waals surface area contributed by atoms with Crippen LogP contribution in [-0.4, -0.2) is 88.7 Å². The minimum atomic E-state index is -1.29. The lowest BCUT2D eigenvalue weighted by Crippen LogP contribution is -2.37. The summed E-state index contributed by atoms with van der Waals surface area (Å²) in [6.07, 6.45) is 8.23. The third-order valence-corrected chi connectivity index (χ3v) is 9.62. The Bertz CT molecular complexity index is 1790. The van der Waals surface area contributed by atoms with Crippen molar-refractivity contribution in [1.29, 1.82) is 0 Å². The zero-order valence-electron chi connectivity index (χ0n) is 24.9. The number of nitrogens with zero attached hydrogens (tertiary/aromatic N) is 8. The van der Waals surface area contributed by atoms with Crippen molar-refractivity contribution in [1.82, 2.24) is 33.7 Å². The van der Waals surface area contributed by atoms with Crippen molar-refractivity contribution in [2.24, 2.45) is 0 Å². The summed E-state index contributed by atoms with van der Waals surface area (Å²) in [5.74, 6) is 1.31. The number of nitrogens with one attached hydrogen (secondary N) is 1. The number of pyridine rings is 1. The number of ether oxygens (including phenoxy) is 1. The molecule has 45 heavy (non-hydrogen) atoms. The Kier molecular flexibility index (Phi) is 8.98. The van der Waals surface area contributed by atoms with Crippen LogP contribution in [-0.2, 0) is 15.7 Å². The van der Waals surface area contributed by atoms with E-state index in [1.807, 2.05) is 53.7 Å². The highest BCUT2D eigenvalue weighted by atomic mass is 32.2. The molecule has 1 unspecified atom stereocenters. The molecule has 2 aliphatic rings. The van der Waals surface area contributed by atoms with Gasteiger partial charge < -0.3 is 20.4 Å². The van der Waals surface area contributed by atoms with Crippen molar-refractivity contribution in [3.63, 3.8) is 0 Å². The molecule has 234 valence electrons. The van der Waals surface area contributed by atoms with Gasteiger partial charge in [-0.2, -0.15) is 10.2 Å². The first-order valence-electron chi connectivity index (χ1n) is 14.8. The molecule has 2 aliphatic heterocycles. The third-order valence-electron chi connectivity index (χ3n) is 8.14.